The van der Waals surface area contributed by atoms with Crippen molar-refractivity contribution in [2.24, 2.45) is 16.0 Å². The first-order chi connectivity index (χ1) is 9.82. The molecule has 0 aromatic heterocycles. The quantitative estimate of drug-likeness (QED) is 0.872. The molecule has 7 heteroatoms. The van der Waals surface area contributed by atoms with E-state index in [2.05, 4.69) is 29.9 Å². The summed E-state index contributed by atoms with van der Waals surface area (Å²) < 4.78 is 34.9. The summed E-state index contributed by atoms with van der Waals surface area (Å²) in [6, 6.07) is 5.16. The maximum atomic E-state index is 11.5. The molecule has 0 aliphatic carbocycles. The standard InChI is InChI=1S/C14H21N3O3S/c1-4-10(8-9(2)3)20-12-7-5-6-11-13(12)14(15)17-21(18,19)16-11/h5-7,9-10,16H,4,8H2,1-3H3,(H2,15,17). The van der Waals surface area contributed by atoms with Crippen molar-refractivity contribution in [2.75, 3.05) is 4.72 Å². The van der Waals surface area contributed by atoms with Crippen LogP contribution in [0.4, 0.5) is 5.69 Å². The van der Waals surface area contributed by atoms with Gasteiger partial charge in [-0.2, -0.15) is 8.42 Å². The lowest BCUT2D eigenvalue weighted by Crippen LogP contribution is -2.28. The van der Waals surface area contributed by atoms with Crippen LogP contribution in [0.2, 0.25) is 0 Å². The van der Waals surface area contributed by atoms with Crippen molar-refractivity contribution in [1.29, 1.82) is 0 Å². The third-order valence-corrected chi connectivity index (χ3v) is 4.14. The van der Waals surface area contributed by atoms with E-state index < -0.39 is 10.2 Å². The fraction of sp³-hybridized carbons (Fsp3) is 0.500. The molecule has 1 aromatic rings. The predicted octanol–water partition coefficient (Wildman–Crippen LogP) is 2.27. The Bertz CT molecular complexity index is 653. The van der Waals surface area contributed by atoms with Gasteiger partial charge < -0.3 is 10.5 Å². The van der Waals surface area contributed by atoms with E-state index in [0.717, 1.165) is 12.8 Å². The van der Waals surface area contributed by atoms with E-state index in [4.69, 9.17) is 10.5 Å². The fourth-order valence-corrected chi connectivity index (χ4v) is 3.16. The number of anilines is 1. The van der Waals surface area contributed by atoms with E-state index in [1.165, 1.54) is 0 Å². The van der Waals surface area contributed by atoms with Crippen LogP contribution in [0.15, 0.2) is 22.6 Å². The Balaban J connectivity index is 2.35. The zero-order chi connectivity index (χ0) is 15.6. The molecule has 2 rings (SSSR count). The molecule has 0 saturated heterocycles. The predicted molar refractivity (Wildman–Crippen MR) is 83.9 cm³/mol. The summed E-state index contributed by atoms with van der Waals surface area (Å²) in [4.78, 5) is 0. The summed E-state index contributed by atoms with van der Waals surface area (Å²) in [5.74, 6) is 1.03. The molecule has 0 radical (unpaired) electrons. The lowest BCUT2D eigenvalue weighted by molar-refractivity contribution is 0.170. The molecule has 0 amide bonds. The fourth-order valence-electron chi connectivity index (χ4n) is 2.32. The van der Waals surface area contributed by atoms with Crippen LogP contribution in [0.25, 0.3) is 0 Å². The van der Waals surface area contributed by atoms with Gasteiger partial charge in [-0.1, -0.05) is 26.8 Å². The highest BCUT2D eigenvalue weighted by Crippen LogP contribution is 2.31. The molecular formula is C14H21N3O3S. The van der Waals surface area contributed by atoms with Crippen LogP contribution in [-0.2, 0) is 10.2 Å². The molecule has 0 bridgehead atoms. The number of fused-ring (bicyclic) bond motifs is 1. The Morgan fingerprint density at radius 2 is 2.10 bits per heavy atom. The maximum Gasteiger partial charge on any atom is 0.344 e. The van der Waals surface area contributed by atoms with Gasteiger partial charge in [0, 0.05) is 0 Å². The Labute approximate surface area is 125 Å². The number of nitrogens with two attached hydrogens (primary N) is 1. The van der Waals surface area contributed by atoms with Crippen LogP contribution in [0, 0.1) is 5.92 Å². The normalized spacial score (nSPS) is 17.6. The Hall–Kier alpha value is -1.76. The van der Waals surface area contributed by atoms with E-state index in [-0.39, 0.29) is 11.9 Å². The minimum atomic E-state index is -3.76. The molecule has 1 unspecified atom stereocenters. The molecule has 1 aliphatic rings. The molecule has 3 N–H and O–H groups in total. The Morgan fingerprint density at radius 1 is 1.38 bits per heavy atom. The summed E-state index contributed by atoms with van der Waals surface area (Å²) in [6.45, 7) is 6.33. The largest absolute Gasteiger partial charge is 0.490 e. The molecule has 1 heterocycles. The van der Waals surface area contributed by atoms with Gasteiger partial charge in [-0.05, 0) is 30.9 Å². The van der Waals surface area contributed by atoms with Gasteiger partial charge in [0.2, 0.25) is 0 Å². The average molecular weight is 311 g/mol. The SMILES string of the molecule is CCC(CC(C)C)Oc1cccc2c1C(N)=NS(=O)(=O)N2. The van der Waals surface area contributed by atoms with Crippen LogP contribution in [0.3, 0.4) is 0 Å². The summed E-state index contributed by atoms with van der Waals surface area (Å²) in [5, 5.41) is 0. The van der Waals surface area contributed by atoms with E-state index in [9.17, 15) is 8.42 Å². The van der Waals surface area contributed by atoms with Crippen molar-refractivity contribution in [2.45, 2.75) is 39.7 Å². The first kappa shape index (κ1) is 15.6. The van der Waals surface area contributed by atoms with E-state index >= 15 is 0 Å². The van der Waals surface area contributed by atoms with Crippen molar-refractivity contribution in [3.8, 4) is 5.75 Å². The number of benzene rings is 1. The van der Waals surface area contributed by atoms with Crippen LogP contribution in [0.1, 0.15) is 39.2 Å². The average Bonchev–Trinajstić information content (AvgIpc) is 2.35. The lowest BCUT2D eigenvalue weighted by Gasteiger charge is -2.24. The van der Waals surface area contributed by atoms with Gasteiger partial charge in [-0.15, -0.1) is 4.40 Å². The number of nitrogens with zero attached hydrogens (tertiary/aromatic N) is 1. The topological polar surface area (TPSA) is 93.8 Å². The molecule has 0 fully saturated rings. The minimum absolute atomic E-state index is 0.0428. The van der Waals surface area contributed by atoms with Crippen molar-refractivity contribution in [1.82, 2.24) is 0 Å². The molecule has 0 saturated carbocycles. The first-order valence-corrected chi connectivity index (χ1v) is 8.44. The zero-order valence-corrected chi connectivity index (χ0v) is 13.3. The van der Waals surface area contributed by atoms with Crippen LogP contribution in [0.5, 0.6) is 5.75 Å². The second kappa shape index (κ2) is 5.93. The van der Waals surface area contributed by atoms with Gasteiger partial charge in [0.05, 0.1) is 17.4 Å². The van der Waals surface area contributed by atoms with Gasteiger partial charge in [-0.25, -0.2) is 0 Å². The van der Waals surface area contributed by atoms with Gasteiger partial charge in [-0.3, -0.25) is 4.72 Å². The van der Waals surface area contributed by atoms with Crippen LogP contribution in [-0.4, -0.2) is 20.4 Å². The summed E-state index contributed by atoms with van der Waals surface area (Å²) in [7, 11) is -3.76. The third kappa shape index (κ3) is 3.66. The van der Waals surface area contributed by atoms with Crippen molar-refractivity contribution in [3.05, 3.63) is 23.8 Å². The highest BCUT2D eigenvalue weighted by atomic mass is 32.2. The summed E-state index contributed by atoms with van der Waals surface area (Å²) >= 11 is 0. The maximum absolute atomic E-state index is 11.5. The summed E-state index contributed by atoms with van der Waals surface area (Å²) in [6.07, 6.45) is 1.84. The monoisotopic (exact) mass is 311 g/mol. The molecule has 1 aliphatic heterocycles. The number of ether oxygens (including phenoxy) is 1. The molecular weight excluding hydrogens is 290 g/mol. The van der Waals surface area contributed by atoms with Crippen LogP contribution >= 0.6 is 0 Å². The molecule has 116 valence electrons. The zero-order valence-electron chi connectivity index (χ0n) is 12.5. The molecule has 6 nitrogen and oxygen atoms in total. The Kier molecular flexibility index (Phi) is 4.41. The van der Waals surface area contributed by atoms with Gasteiger partial charge in [0.1, 0.15) is 5.75 Å². The number of nitrogens with one attached hydrogen (secondary N) is 1. The minimum Gasteiger partial charge on any atom is -0.490 e. The molecule has 0 spiro atoms. The number of amidine groups is 1. The number of rotatable bonds is 5. The highest BCUT2D eigenvalue weighted by Gasteiger charge is 2.25. The van der Waals surface area contributed by atoms with E-state index in [0.29, 0.717) is 22.9 Å². The number of hydrogen-bond donors (Lipinski definition) is 2. The molecule has 1 aromatic carbocycles. The first-order valence-electron chi connectivity index (χ1n) is 7.00. The molecule has 21 heavy (non-hydrogen) atoms. The van der Waals surface area contributed by atoms with Crippen LogP contribution < -0.4 is 15.2 Å². The smallest absolute Gasteiger partial charge is 0.344 e. The number of hydrogen-bond acceptors (Lipinski definition) is 4. The van der Waals surface area contributed by atoms with Gasteiger partial charge in [0.25, 0.3) is 0 Å². The van der Waals surface area contributed by atoms with E-state index in [1.807, 2.05) is 0 Å². The van der Waals surface area contributed by atoms with E-state index in [1.54, 1.807) is 18.2 Å². The summed E-state index contributed by atoms with van der Waals surface area (Å²) in [5.41, 5.74) is 6.70. The van der Waals surface area contributed by atoms with Crippen molar-refractivity contribution < 1.29 is 13.2 Å². The van der Waals surface area contributed by atoms with Gasteiger partial charge >= 0.3 is 10.2 Å². The van der Waals surface area contributed by atoms with Gasteiger partial charge in [0.15, 0.2) is 5.84 Å². The Morgan fingerprint density at radius 3 is 2.71 bits per heavy atom. The second-order valence-corrected chi connectivity index (χ2v) is 6.85. The molecule has 1 atom stereocenters. The van der Waals surface area contributed by atoms with Crippen molar-refractivity contribution in [3.63, 3.8) is 0 Å². The highest BCUT2D eigenvalue weighted by molar-refractivity contribution is 7.91. The third-order valence-electron chi connectivity index (χ3n) is 3.22. The lowest BCUT2D eigenvalue weighted by atomic mass is 10.0. The second-order valence-electron chi connectivity index (χ2n) is 5.51. The van der Waals surface area contributed by atoms with Crippen molar-refractivity contribution >= 4 is 21.7 Å².